The van der Waals surface area contributed by atoms with Gasteiger partial charge < -0.3 is 10.2 Å². The molecule has 1 saturated carbocycles. The molecule has 3 aromatic rings. The molecule has 0 radical (unpaired) electrons. The average molecular weight is 614 g/mol. The molecule has 0 saturated heterocycles. The highest BCUT2D eigenvalue weighted by Crippen LogP contribution is 2.22. The number of amides is 2. The van der Waals surface area contributed by atoms with Crippen LogP contribution in [0.4, 0.5) is 0 Å². The number of nitrogens with zero attached hydrogens (tertiary/aromatic N) is 1. The number of hydrogen-bond donors (Lipinski definition) is 1. The maximum atomic E-state index is 13.8. The first-order chi connectivity index (χ1) is 18.5. The van der Waals surface area contributed by atoms with Crippen molar-refractivity contribution in [3.63, 3.8) is 0 Å². The Kier molecular flexibility index (Phi) is 11.2. The SMILES string of the molecule is O=C(NC1CCCCC1)[C@H](Cc1ccccc1)N(Cc1cccc(Br)c1)C(=O)CSCc1cccc(Cl)c1. The van der Waals surface area contributed by atoms with Crippen LogP contribution in [0.3, 0.4) is 0 Å². The molecule has 0 aromatic heterocycles. The lowest BCUT2D eigenvalue weighted by atomic mass is 9.94. The monoisotopic (exact) mass is 612 g/mol. The smallest absolute Gasteiger partial charge is 0.243 e. The number of rotatable bonds is 11. The number of halogens is 2. The summed E-state index contributed by atoms with van der Waals surface area (Å²) in [5, 5.41) is 3.98. The Hall–Kier alpha value is -2.28. The van der Waals surface area contributed by atoms with Gasteiger partial charge in [-0.25, -0.2) is 0 Å². The van der Waals surface area contributed by atoms with Gasteiger partial charge in [-0.1, -0.05) is 101 Å². The van der Waals surface area contributed by atoms with E-state index in [9.17, 15) is 9.59 Å². The second kappa shape index (κ2) is 14.8. The minimum atomic E-state index is -0.599. The van der Waals surface area contributed by atoms with Crippen molar-refractivity contribution >= 4 is 51.1 Å². The zero-order valence-electron chi connectivity index (χ0n) is 21.5. The summed E-state index contributed by atoms with van der Waals surface area (Å²) in [7, 11) is 0. The summed E-state index contributed by atoms with van der Waals surface area (Å²) in [6.07, 6.45) is 5.96. The van der Waals surface area contributed by atoms with Crippen molar-refractivity contribution in [3.05, 3.63) is 105 Å². The number of carbonyl (C=O) groups excluding carboxylic acids is 2. The molecule has 0 bridgehead atoms. The highest BCUT2D eigenvalue weighted by molar-refractivity contribution is 9.10. The predicted molar refractivity (Wildman–Crippen MR) is 161 cm³/mol. The minimum Gasteiger partial charge on any atom is -0.352 e. The first-order valence-electron chi connectivity index (χ1n) is 13.2. The first-order valence-corrected chi connectivity index (χ1v) is 15.5. The fourth-order valence-corrected chi connectivity index (χ4v) is 6.41. The molecule has 1 aliphatic carbocycles. The van der Waals surface area contributed by atoms with Gasteiger partial charge in [0.2, 0.25) is 11.8 Å². The van der Waals surface area contributed by atoms with E-state index in [0.717, 1.165) is 46.8 Å². The molecule has 1 atom stereocenters. The van der Waals surface area contributed by atoms with E-state index < -0.39 is 6.04 Å². The first kappa shape index (κ1) is 28.7. The minimum absolute atomic E-state index is 0.0447. The van der Waals surface area contributed by atoms with Gasteiger partial charge in [0.25, 0.3) is 0 Å². The van der Waals surface area contributed by atoms with Crippen molar-refractivity contribution in [1.29, 1.82) is 0 Å². The van der Waals surface area contributed by atoms with Crippen molar-refractivity contribution in [1.82, 2.24) is 10.2 Å². The fourth-order valence-electron chi connectivity index (χ4n) is 4.90. The molecule has 7 heteroatoms. The summed E-state index contributed by atoms with van der Waals surface area (Å²) in [4.78, 5) is 29.4. The molecule has 0 aliphatic heterocycles. The Labute approximate surface area is 243 Å². The lowest BCUT2D eigenvalue weighted by Gasteiger charge is -2.33. The molecule has 2 amide bonds. The van der Waals surface area contributed by atoms with E-state index >= 15 is 0 Å². The van der Waals surface area contributed by atoms with E-state index in [2.05, 4.69) is 21.2 Å². The van der Waals surface area contributed by atoms with Gasteiger partial charge >= 0.3 is 0 Å². The molecule has 4 rings (SSSR count). The van der Waals surface area contributed by atoms with Crippen molar-refractivity contribution in [2.45, 2.75) is 62.9 Å². The normalized spacial score (nSPS) is 14.6. The Morgan fingerprint density at radius 1 is 0.921 bits per heavy atom. The zero-order chi connectivity index (χ0) is 26.7. The molecule has 1 aliphatic rings. The van der Waals surface area contributed by atoms with Crippen LogP contribution in [-0.4, -0.2) is 34.6 Å². The van der Waals surface area contributed by atoms with Crippen molar-refractivity contribution in [2.75, 3.05) is 5.75 Å². The second-order valence-corrected chi connectivity index (χ2v) is 12.2. The number of thioether (sulfide) groups is 1. The molecule has 200 valence electrons. The third kappa shape index (κ3) is 8.89. The number of hydrogen-bond acceptors (Lipinski definition) is 3. The number of benzene rings is 3. The molecule has 1 N–H and O–H groups in total. The van der Waals surface area contributed by atoms with Crippen molar-refractivity contribution in [3.8, 4) is 0 Å². The Morgan fingerprint density at radius 2 is 1.63 bits per heavy atom. The molecule has 0 unspecified atom stereocenters. The maximum Gasteiger partial charge on any atom is 0.243 e. The third-order valence-corrected chi connectivity index (χ3v) is 8.56. The molecular weight excluding hydrogens is 580 g/mol. The van der Waals surface area contributed by atoms with Gasteiger partial charge in [-0.3, -0.25) is 9.59 Å². The standard InChI is InChI=1S/C31H34BrClN2O2S/c32-26-13-7-11-24(17-26)20-35(30(36)22-38-21-25-12-8-14-27(33)18-25)29(19-23-9-3-1-4-10-23)31(37)34-28-15-5-2-6-16-28/h1,3-4,7-14,17-18,28-29H,2,5-6,15-16,19-22H2,(H,34,37)/t29-/m0/s1. The van der Waals surface area contributed by atoms with Crippen LogP contribution in [0.2, 0.25) is 5.02 Å². The van der Waals surface area contributed by atoms with E-state index in [1.165, 1.54) is 6.42 Å². The Balaban J connectivity index is 1.56. The van der Waals surface area contributed by atoms with Crippen molar-refractivity contribution in [2.24, 2.45) is 0 Å². The van der Waals surface area contributed by atoms with Gasteiger partial charge in [-0.2, -0.15) is 0 Å². The number of carbonyl (C=O) groups is 2. The summed E-state index contributed by atoms with van der Waals surface area (Å²) in [6, 6.07) is 25.2. The maximum absolute atomic E-state index is 13.8. The van der Waals surface area contributed by atoms with Gasteiger partial charge in [-0.15, -0.1) is 11.8 Å². The lowest BCUT2D eigenvalue weighted by molar-refractivity contribution is -0.139. The molecule has 0 spiro atoms. The predicted octanol–water partition coefficient (Wildman–Crippen LogP) is 7.42. The third-order valence-electron chi connectivity index (χ3n) is 6.85. The Morgan fingerprint density at radius 3 is 2.37 bits per heavy atom. The van der Waals surface area contributed by atoms with Gasteiger partial charge in [0.05, 0.1) is 5.75 Å². The van der Waals surface area contributed by atoms with Gasteiger partial charge in [0.1, 0.15) is 6.04 Å². The zero-order valence-corrected chi connectivity index (χ0v) is 24.6. The summed E-state index contributed by atoms with van der Waals surface area (Å²) >= 11 is 11.2. The van der Waals surface area contributed by atoms with Crippen LogP contribution in [0.15, 0.2) is 83.3 Å². The van der Waals surface area contributed by atoms with Crippen LogP contribution in [0.5, 0.6) is 0 Å². The topological polar surface area (TPSA) is 49.4 Å². The van der Waals surface area contributed by atoms with E-state index in [0.29, 0.717) is 23.7 Å². The largest absolute Gasteiger partial charge is 0.352 e. The van der Waals surface area contributed by atoms with Gasteiger partial charge in [0.15, 0.2) is 0 Å². The Bertz CT molecular complexity index is 1200. The van der Waals surface area contributed by atoms with E-state index in [1.807, 2.05) is 78.9 Å². The van der Waals surface area contributed by atoms with E-state index in [4.69, 9.17) is 11.6 Å². The van der Waals surface area contributed by atoms with Crippen LogP contribution in [0, 0.1) is 0 Å². The van der Waals surface area contributed by atoms with Crippen LogP contribution in [-0.2, 0) is 28.3 Å². The average Bonchev–Trinajstić information content (AvgIpc) is 2.92. The van der Waals surface area contributed by atoms with E-state index in [1.54, 1.807) is 16.7 Å². The quantitative estimate of drug-likeness (QED) is 0.245. The molecule has 1 fully saturated rings. The summed E-state index contributed by atoms with van der Waals surface area (Å²) in [6.45, 7) is 0.367. The lowest BCUT2D eigenvalue weighted by Crippen LogP contribution is -2.53. The summed E-state index contributed by atoms with van der Waals surface area (Å²) < 4.78 is 0.948. The second-order valence-electron chi connectivity index (χ2n) is 9.82. The highest BCUT2D eigenvalue weighted by atomic mass is 79.9. The molecule has 38 heavy (non-hydrogen) atoms. The van der Waals surface area contributed by atoms with Crippen LogP contribution in [0.25, 0.3) is 0 Å². The van der Waals surface area contributed by atoms with Gasteiger partial charge in [0, 0.05) is 34.3 Å². The van der Waals surface area contributed by atoms with Crippen LogP contribution >= 0.6 is 39.3 Å². The summed E-state index contributed by atoms with van der Waals surface area (Å²) in [5.74, 6) is 0.845. The number of nitrogens with one attached hydrogen (secondary N) is 1. The van der Waals surface area contributed by atoms with Crippen LogP contribution in [0.1, 0.15) is 48.8 Å². The molecule has 4 nitrogen and oxygen atoms in total. The van der Waals surface area contributed by atoms with E-state index in [-0.39, 0.29) is 23.6 Å². The molecular formula is C31H34BrClN2O2S. The summed E-state index contributed by atoms with van der Waals surface area (Å²) in [5.41, 5.74) is 3.09. The fraction of sp³-hybridized carbons (Fsp3) is 0.355. The van der Waals surface area contributed by atoms with Gasteiger partial charge in [-0.05, 0) is 53.8 Å². The molecule has 3 aromatic carbocycles. The van der Waals surface area contributed by atoms with Crippen molar-refractivity contribution < 1.29 is 9.59 Å². The molecule has 0 heterocycles. The van der Waals surface area contributed by atoms with Crippen LogP contribution < -0.4 is 5.32 Å². The highest BCUT2D eigenvalue weighted by Gasteiger charge is 2.31.